The standard InChI is InChI=1S/C38H74N2O2/c1-3-5-7-9-11-13-15-17-19-21-23-25-27-31-37(41)36(35-40-33-29-30-34-40)39-38(42)32-28-26-24-22-20-18-16-14-12-10-8-6-4-2/h27,31,36-37,41H,3-26,28-30,32-35H2,1-2H3,(H,39,42)/b31-27+. The lowest BCUT2D eigenvalue weighted by Crippen LogP contribution is -2.49. The molecule has 1 amide bonds. The van der Waals surface area contributed by atoms with Crippen LogP contribution in [0.25, 0.3) is 0 Å². The van der Waals surface area contributed by atoms with Gasteiger partial charge in [-0.05, 0) is 45.2 Å². The number of amides is 1. The minimum atomic E-state index is -0.603. The van der Waals surface area contributed by atoms with Crippen LogP contribution >= 0.6 is 0 Å². The van der Waals surface area contributed by atoms with E-state index in [1.807, 2.05) is 6.08 Å². The van der Waals surface area contributed by atoms with Crippen molar-refractivity contribution in [2.45, 2.75) is 206 Å². The Hall–Kier alpha value is -0.870. The third-order valence-electron chi connectivity index (χ3n) is 9.23. The van der Waals surface area contributed by atoms with Crippen LogP contribution in [0.4, 0.5) is 0 Å². The van der Waals surface area contributed by atoms with Crippen LogP contribution in [0.5, 0.6) is 0 Å². The van der Waals surface area contributed by atoms with Crippen molar-refractivity contribution in [3.8, 4) is 0 Å². The summed E-state index contributed by atoms with van der Waals surface area (Å²) in [4.78, 5) is 15.2. The molecule has 1 rings (SSSR count). The van der Waals surface area contributed by atoms with E-state index in [2.05, 4.69) is 30.1 Å². The summed E-state index contributed by atoms with van der Waals surface area (Å²) >= 11 is 0. The molecule has 1 aliphatic rings. The van der Waals surface area contributed by atoms with Crippen LogP contribution in [0.15, 0.2) is 12.2 Å². The number of hydrogen-bond acceptors (Lipinski definition) is 3. The minimum absolute atomic E-state index is 0.111. The Balaban J connectivity index is 2.14. The molecule has 42 heavy (non-hydrogen) atoms. The first-order valence-corrected chi connectivity index (χ1v) is 19.0. The zero-order chi connectivity index (χ0) is 30.4. The topological polar surface area (TPSA) is 52.6 Å². The molecule has 0 radical (unpaired) electrons. The Morgan fingerprint density at radius 1 is 0.643 bits per heavy atom. The van der Waals surface area contributed by atoms with E-state index in [-0.39, 0.29) is 11.9 Å². The molecule has 4 heteroatoms. The van der Waals surface area contributed by atoms with E-state index in [4.69, 9.17) is 0 Å². The fourth-order valence-electron chi connectivity index (χ4n) is 6.36. The Kier molecular flexibility index (Phi) is 28.1. The third kappa shape index (κ3) is 24.6. The second-order valence-electron chi connectivity index (χ2n) is 13.4. The number of allylic oxidation sites excluding steroid dienone is 1. The molecule has 1 aliphatic heterocycles. The molecule has 0 aromatic heterocycles. The normalized spacial score (nSPS) is 15.5. The molecule has 0 saturated carbocycles. The SMILES string of the molecule is CCCCCCCCCCCCC/C=C/C(O)C(CN1CCCC1)NC(=O)CCCCCCCCCCCCCCC. The zero-order valence-corrected chi connectivity index (χ0v) is 28.5. The van der Waals surface area contributed by atoms with E-state index in [0.29, 0.717) is 6.42 Å². The first kappa shape index (κ1) is 39.2. The first-order valence-electron chi connectivity index (χ1n) is 19.0. The van der Waals surface area contributed by atoms with Gasteiger partial charge in [0.1, 0.15) is 0 Å². The summed E-state index contributed by atoms with van der Waals surface area (Å²) in [6.07, 6.45) is 39.6. The molecule has 1 saturated heterocycles. The minimum Gasteiger partial charge on any atom is -0.387 e. The average Bonchev–Trinajstić information content (AvgIpc) is 3.50. The molecule has 0 aromatic rings. The number of rotatable bonds is 31. The van der Waals surface area contributed by atoms with E-state index in [9.17, 15) is 9.90 Å². The number of carbonyl (C=O) groups is 1. The molecule has 248 valence electrons. The number of aliphatic hydroxyl groups excluding tert-OH is 1. The summed E-state index contributed by atoms with van der Waals surface area (Å²) in [6.45, 7) is 7.49. The molecule has 2 N–H and O–H groups in total. The van der Waals surface area contributed by atoms with Gasteiger partial charge in [-0.2, -0.15) is 0 Å². The number of unbranched alkanes of at least 4 members (excludes halogenated alkanes) is 23. The maximum Gasteiger partial charge on any atom is 0.220 e. The fourth-order valence-corrected chi connectivity index (χ4v) is 6.36. The van der Waals surface area contributed by atoms with Crippen molar-refractivity contribution in [2.24, 2.45) is 0 Å². The second kappa shape index (κ2) is 30.2. The number of aliphatic hydroxyl groups is 1. The van der Waals surface area contributed by atoms with E-state index >= 15 is 0 Å². The van der Waals surface area contributed by atoms with Crippen molar-refractivity contribution in [3.63, 3.8) is 0 Å². The van der Waals surface area contributed by atoms with Gasteiger partial charge in [-0.25, -0.2) is 0 Å². The number of likely N-dealkylation sites (tertiary alicyclic amines) is 1. The largest absolute Gasteiger partial charge is 0.387 e. The molecule has 0 spiro atoms. The van der Waals surface area contributed by atoms with Crippen LogP contribution in [0.3, 0.4) is 0 Å². The van der Waals surface area contributed by atoms with Gasteiger partial charge in [0.2, 0.25) is 5.91 Å². The lowest BCUT2D eigenvalue weighted by atomic mass is 10.0. The van der Waals surface area contributed by atoms with Crippen LogP contribution in [-0.2, 0) is 4.79 Å². The van der Waals surface area contributed by atoms with E-state index in [1.54, 1.807) is 0 Å². The predicted octanol–water partition coefficient (Wildman–Crippen LogP) is 10.7. The average molecular weight is 591 g/mol. The van der Waals surface area contributed by atoms with Crippen molar-refractivity contribution in [1.29, 1.82) is 0 Å². The maximum atomic E-state index is 12.8. The second-order valence-corrected chi connectivity index (χ2v) is 13.4. The van der Waals surface area contributed by atoms with Crippen LogP contribution in [0, 0.1) is 0 Å². The highest BCUT2D eigenvalue weighted by Gasteiger charge is 2.23. The Bertz CT molecular complexity index is 602. The number of hydrogen-bond donors (Lipinski definition) is 2. The Morgan fingerprint density at radius 3 is 1.50 bits per heavy atom. The van der Waals surface area contributed by atoms with Crippen molar-refractivity contribution >= 4 is 5.91 Å². The Labute approximate surface area is 263 Å². The van der Waals surface area contributed by atoms with Gasteiger partial charge in [0.25, 0.3) is 0 Å². The Morgan fingerprint density at radius 2 is 1.05 bits per heavy atom. The third-order valence-corrected chi connectivity index (χ3v) is 9.23. The highest BCUT2D eigenvalue weighted by atomic mass is 16.3. The zero-order valence-electron chi connectivity index (χ0n) is 28.5. The van der Waals surface area contributed by atoms with Gasteiger partial charge in [-0.15, -0.1) is 0 Å². The van der Waals surface area contributed by atoms with Crippen molar-refractivity contribution in [2.75, 3.05) is 19.6 Å². The first-order chi connectivity index (χ1) is 20.7. The van der Waals surface area contributed by atoms with E-state index in [1.165, 1.54) is 154 Å². The van der Waals surface area contributed by atoms with Crippen molar-refractivity contribution in [3.05, 3.63) is 12.2 Å². The van der Waals surface area contributed by atoms with Crippen LogP contribution in [0.1, 0.15) is 194 Å². The highest BCUT2D eigenvalue weighted by molar-refractivity contribution is 5.76. The molecular formula is C38H74N2O2. The smallest absolute Gasteiger partial charge is 0.220 e. The van der Waals surface area contributed by atoms with Gasteiger partial charge in [-0.3, -0.25) is 4.79 Å². The molecular weight excluding hydrogens is 516 g/mol. The van der Waals surface area contributed by atoms with Gasteiger partial charge in [0.15, 0.2) is 0 Å². The van der Waals surface area contributed by atoms with Crippen LogP contribution in [-0.4, -0.2) is 47.7 Å². The van der Waals surface area contributed by atoms with Crippen molar-refractivity contribution in [1.82, 2.24) is 10.2 Å². The predicted molar refractivity (Wildman–Crippen MR) is 184 cm³/mol. The molecule has 0 aliphatic carbocycles. The quantitative estimate of drug-likeness (QED) is 0.0624. The van der Waals surface area contributed by atoms with Crippen molar-refractivity contribution < 1.29 is 9.90 Å². The summed E-state index contributed by atoms with van der Waals surface area (Å²) in [5.74, 6) is 0.111. The van der Waals surface area contributed by atoms with E-state index < -0.39 is 6.10 Å². The molecule has 2 atom stereocenters. The maximum absolute atomic E-state index is 12.8. The summed E-state index contributed by atoms with van der Waals surface area (Å²) in [5, 5.41) is 14.2. The molecule has 4 nitrogen and oxygen atoms in total. The van der Waals surface area contributed by atoms with Gasteiger partial charge in [0, 0.05) is 13.0 Å². The summed E-state index contributed by atoms with van der Waals surface area (Å²) in [6, 6.07) is -0.203. The number of nitrogens with zero attached hydrogens (tertiary/aromatic N) is 1. The monoisotopic (exact) mass is 591 g/mol. The van der Waals surface area contributed by atoms with E-state index in [0.717, 1.165) is 38.9 Å². The van der Waals surface area contributed by atoms with Gasteiger partial charge in [0.05, 0.1) is 12.1 Å². The highest BCUT2D eigenvalue weighted by Crippen LogP contribution is 2.15. The fraction of sp³-hybridized carbons (Fsp3) is 0.921. The number of carbonyl (C=O) groups excluding carboxylic acids is 1. The molecule has 0 aromatic carbocycles. The lowest BCUT2D eigenvalue weighted by Gasteiger charge is -2.27. The summed E-state index contributed by atoms with van der Waals surface area (Å²) in [7, 11) is 0. The van der Waals surface area contributed by atoms with Crippen LogP contribution < -0.4 is 5.32 Å². The van der Waals surface area contributed by atoms with Gasteiger partial charge in [-0.1, -0.05) is 167 Å². The van der Waals surface area contributed by atoms with Crippen LogP contribution in [0.2, 0.25) is 0 Å². The molecule has 2 unspecified atom stereocenters. The van der Waals surface area contributed by atoms with Gasteiger partial charge < -0.3 is 15.3 Å². The molecule has 1 heterocycles. The summed E-state index contributed by atoms with van der Waals surface area (Å²) in [5.41, 5.74) is 0. The van der Waals surface area contributed by atoms with Gasteiger partial charge >= 0.3 is 0 Å². The lowest BCUT2D eigenvalue weighted by molar-refractivity contribution is -0.122. The molecule has 0 bridgehead atoms. The molecule has 1 fully saturated rings. The summed E-state index contributed by atoms with van der Waals surface area (Å²) < 4.78 is 0. The number of nitrogens with one attached hydrogen (secondary N) is 1.